The summed E-state index contributed by atoms with van der Waals surface area (Å²) >= 11 is 0. The number of fused-ring (bicyclic) bond motifs is 1. The molecule has 0 unspecified atom stereocenters. The van der Waals surface area contributed by atoms with Gasteiger partial charge in [-0.3, -0.25) is 4.98 Å². The van der Waals surface area contributed by atoms with Crippen molar-refractivity contribution in [2.45, 2.75) is 19.8 Å². The monoisotopic (exact) mass is 309 g/mol. The highest BCUT2D eigenvalue weighted by molar-refractivity contribution is 6.02. The Labute approximate surface area is 133 Å². The first-order chi connectivity index (χ1) is 11.0. The summed E-state index contributed by atoms with van der Waals surface area (Å²) < 4.78 is 12.9. The van der Waals surface area contributed by atoms with E-state index in [1.165, 1.54) is 12.1 Å². The number of halogens is 1. The molecule has 0 aliphatic rings. The Balaban J connectivity index is 1.90. The van der Waals surface area contributed by atoms with Crippen LogP contribution in [0.1, 0.15) is 27.2 Å². The minimum Gasteiger partial charge on any atom is -0.478 e. The fraction of sp³-hybridized carbons (Fsp3) is 0.158. The zero-order chi connectivity index (χ0) is 16.4. The Hall–Kier alpha value is -2.75. The van der Waals surface area contributed by atoms with Gasteiger partial charge in [0.2, 0.25) is 0 Å². The van der Waals surface area contributed by atoms with E-state index in [0.29, 0.717) is 16.6 Å². The summed E-state index contributed by atoms with van der Waals surface area (Å²) in [5, 5.41) is 10.0. The summed E-state index contributed by atoms with van der Waals surface area (Å²) in [5.41, 5.74) is 3.74. The lowest BCUT2D eigenvalue weighted by molar-refractivity contribution is 0.0699. The minimum absolute atomic E-state index is 0.244. The molecule has 1 N–H and O–H groups in total. The molecule has 0 aliphatic heterocycles. The van der Waals surface area contributed by atoms with E-state index in [4.69, 9.17) is 0 Å². The number of hydrogen-bond donors (Lipinski definition) is 1. The smallest absolute Gasteiger partial charge is 0.336 e. The maximum Gasteiger partial charge on any atom is 0.336 e. The maximum atomic E-state index is 12.9. The molecule has 1 heterocycles. The summed E-state index contributed by atoms with van der Waals surface area (Å²) in [6.07, 6.45) is 1.53. The second-order valence-electron chi connectivity index (χ2n) is 5.59. The molecule has 2 aromatic carbocycles. The number of benzene rings is 2. The number of hydrogen-bond acceptors (Lipinski definition) is 2. The van der Waals surface area contributed by atoms with Gasteiger partial charge in [-0.2, -0.15) is 0 Å². The van der Waals surface area contributed by atoms with Crippen molar-refractivity contribution in [1.82, 2.24) is 4.98 Å². The highest BCUT2D eigenvalue weighted by Gasteiger charge is 2.11. The van der Waals surface area contributed by atoms with E-state index in [9.17, 15) is 14.3 Å². The van der Waals surface area contributed by atoms with Crippen LogP contribution in [0.5, 0.6) is 0 Å². The number of carboxylic acids is 1. The number of aromatic carboxylic acids is 1. The van der Waals surface area contributed by atoms with Gasteiger partial charge in [0.25, 0.3) is 0 Å². The summed E-state index contributed by atoms with van der Waals surface area (Å²) in [4.78, 5) is 15.8. The largest absolute Gasteiger partial charge is 0.478 e. The Kier molecular flexibility index (Phi) is 4.06. The van der Waals surface area contributed by atoms with E-state index in [1.807, 2.05) is 18.2 Å². The molecule has 0 aliphatic carbocycles. The number of rotatable bonds is 4. The van der Waals surface area contributed by atoms with Crippen molar-refractivity contribution in [3.05, 3.63) is 76.7 Å². The Morgan fingerprint density at radius 2 is 1.70 bits per heavy atom. The van der Waals surface area contributed by atoms with E-state index < -0.39 is 5.97 Å². The van der Waals surface area contributed by atoms with Crippen LogP contribution in [-0.4, -0.2) is 16.1 Å². The number of carbonyl (C=O) groups is 1. The van der Waals surface area contributed by atoms with Gasteiger partial charge in [-0.15, -0.1) is 0 Å². The van der Waals surface area contributed by atoms with Gasteiger partial charge in [-0.25, -0.2) is 9.18 Å². The van der Waals surface area contributed by atoms with Crippen molar-refractivity contribution in [2.24, 2.45) is 0 Å². The number of aryl methyl sites for hydroxylation is 3. The molecule has 0 atom stereocenters. The molecule has 1 aromatic heterocycles. The van der Waals surface area contributed by atoms with Gasteiger partial charge < -0.3 is 5.11 Å². The zero-order valence-corrected chi connectivity index (χ0v) is 12.7. The molecular weight excluding hydrogens is 293 g/mol. The molecule has 3 aromatic rings. The summed E-state index contributed by atoms with van der Waals surface area (Å²) in [7, 11) is 0. The molecule has 116 valence electrons. The average Bonchev–Trinajstić information content (AvgIpc) is 2.53. The average molecular weight is 309 g/mol. The molecule has 0 spiro atoms. The standard InChI is InChI=1S/C19H16FNO2/c1-12-10-17(19(22)23)16-11-14(6-9-18(16)21-12)3-2-13-4-7-15(20)8-5-13/h4-11H,2-3H2,1H3,(H,22,23). The first kappa shape index (κ1) is 15.2. The molecule has 0 fully saturated rings. The molecule has 0 amide bonds. The number of pyridine rings is 1. The number of carboxylic acid groups (broad SMARTS) is 1. The molecule has 0 bridgehead atoms. The molecule has 0 saturated carbocycles. The third-order valence-electron chi connectivity index (χ3n) is 3.85. The van der Waals surface area contributed by atoms with Gasteiger partial charge in [0.1, 0.15) is 5.82 Å². The summed E-state index contributed by atoms with van der Waals surface area (Å²) in [5.74, 6) is -1.19. The summed E-state index contributed by atoms with van der Waals surface area (Å²) in [6, 6.07) is 13.7. The van der Waals surface area contributed by atoms with Crippen LogP contribution in [-0.2, 0) is 12.8 Å². The molecule has 0 saturated heterocycles. The van der Waals surface area contributed by atoms with Crippen LogP contribution in [0, 0.1) is 12.7 Å². The lowest BCUT2D eigenvalue weighted by Gasteiger charge is -2.07. The first-order valence-corrected chi connectivity index (χ1v) is 7.41. The van der Waals surface area contributed by atoms with Crippen LogP contribution in [0.2, 0.25) is 0 Å². The predicted molar refractivity (Wildman–Crippen MR) is 87.2 cm³/mol. The fourth-order valence-electron chi connectivity index (χ4n) is 2.68. The molecule has 3 rings (SSSR count). The normalized spacial score (nSPS) is 10.9. The van der Waals surface area contributed by atoms with Crippen molar-refractivity contribution in [3.63, 3.8) is 0 Å². The van der Waals surface area contributed by atoms with Crippen LogP contribution in [0.3, 0.4) is 0 Å². The second kappa shape index (κ2) is 6.16. The lowest BCUT2D eigenvalue weighted by Crippen LogP contribution is -2.01. The lowest BCUT2D eigenvalue weighted by atomic mass is 10.0. The number of nitrogens with zero attached hydrogens (tertiary/aromatic N) is 1. The van der Waals surface area contributed by atoms with Crippen molar-refractivity contribution in [1.29, 1.82) is 0 Å². The van der Waals surface area contributed by atoms with Gasteiger partial charge in [-0.1, -0.05) is 18.2 Å². The van der Waals surface area contributed by atoms with E-state index in [1.54, 1.807) is 25.1 Å². The fourth-order valence-corrected chi connectivity index (χ4v) is 2.68. The maximum absolute atomic E-state index is 12.9. The van der Waals surface area contributed by atoms with E-state index in [2.05, 4.69) is 4.98 Å². The third kappa shape index (κ3) is 3.37. The van der Waals surface area contributed by atoms with E-state index >= 15 is 0 Å². The van der Waals surface area contributed by atoms with Crippen LogP contribution in [0.25, 0.3) is 10.9 Å². The van der Waals surface area contributed by atoms with Crippen molar-refractivity contribution >= 4 is 16.9 Å². The van der Waals surface area contributed by atoms with Crippen LogP contribution in [0.4, 0.5) is 4.39 Å². The van der Waals surface area contributed by atoms with Crippen LogP contribution >= 0.6 is 0 Å². The SMILES string of the molecule is Cc1cc(C(=O)O)c2cc(CCc3ccc(F)cc3)ccc2n1. The molecule has 4 heteroatoms. The second-order valence-corrected chi connectivity index (χ2v) is 5.59. The zero-order valence-electron chi connectivity index (χ0n) is 12.7. The van der Waals surface area contributed by atoms with Gasteiger partial charge in [0.05, 0.1) is 11.1 Å². The highest BCUT2D eigenvalue weighted by atomic mass is 19.1. The minimum atomic E-state index is -0.948. The molecular formula is C19H16FNO2. The molecule has 3 nitrogen and oxygen atoms in total. The highest BCUT2D eigenvalue weighted by Crippen LogP contribution is 2.21. The predicted octanol–water partition coefficient (Wildman–Crippen LogP) is 4.17. The summed E-state index contributed by atoms with van der Waals surface area (Å²) in [6.45, 7) is 1.79. The van der Waals surface area contributed by atoms with Gasteiger partial charge >= 0.3 is 5.97 Å². The number of aromatic nitrogens is 1. The van der Waals surface area contributed by atoms with Gasteiger partial charge in [0.15, 0.2) is 0 Å². The Morgan fingerprint density at radius 3 is 2.39 bits per heavy atom. The quantitative estimate of drug-likeness (QED) is 0.787. The van der Waals surface area contributed by atoms with Crippen molar-refractivity contribution in [2.75, 3.05) is 0 Å². The first-order valence-electron chi connectivity index (χ1n) is 7.41. The Morgan fingerprint density at radius 1 is 1.04 bits per heavy atom. The molecule has 23 heavy (non-hydrogen) atoms. The van der Waals surface area contributed by atoms with Crippen molar-refractivity contribution in [3.8, 4) is 0 Å². The topological polar surface area (TPSA) is 50.2 Å². The molecule has 0 radical (unpaired) electrons. The van der Waals surface area contributed by atoms with Gasteiger partial charge in [0, 0.05) is 11.1 Å². The van der Waals surface area contributed by atoms with E-state index in [0.717, 1.165) is 24.0 Å². The van der Waals surface area contributed by atoms with Gasteiger partial charge in [-0.05, 0) is 61.2 Å². The van der Waals surface area contributed by atoms with Crippen LogP contribution in [0.15, 0.2) is 48.5 Å². The third-order valence-corrected chi connectivity index (χ3v) is 3.85. The van der Waals surface area contributed by atoms with E-state index in [-0.39, 0.29) is 11.4 Å². The van der Waals surface area contributed by atoms with Crippen molar-refractivity contribution < 1.29 is 14.3 Å². The Bertz CT molecular complexity index is 872. The van der Waals surface area contributed by atoms with Crippen LogP contribution < -0.4 is 0 Å².